The van der Waals surface area contributed by atoms with Gasteiger partial charge in [-0.05, 0) is 30.7 Å². The Morgan fingerprint density at radius 1 is 1.07 bits per heavy atom. The number of anilines is 2. The summed E-state index contributed by atoms with van der Waals surface area (Å²) < 4.78 is 7.97. The van der Waals surface area contributed by atoms with E-state index in [-0.39, 0.29) is 11.9 Å². The van der Waals surface area contributed by atoms with Crippen LogP contribution in [0.4, 0.5) is 11.8 Å². The van der Waals surface area contributed by atoms with Crippen LogP contribution >= 0.6 is 0 Å². The van der Waals surface area contributed by atoms with Crippen LogP contribution in [0.2, 0.25) is 0 Å². The fourth-order valence-electron chi connectivity index (χ4n) is 3.25. The van der Waals surface area contributed by atoms with E-state index in [1.807, 2.05) is 48.0 Å². The van der Waals surface area contributed by atoms with Gasteiger partial charge in [0.1, 0.15) is 17.3 Å². The maximum Gasteiger partial charge on any atom is 0.222 e. The minimum Gasteiger partial charge on any atom is -0.457 e. The van der Waals surface area contributed by atoms with Crippen molar-refractivity contribution >= 4 is 28.7 Å². The van der Waals surface area contributed by atoms with Gasteiger partial charge in [0, 0.05) is 32.3 Å². The number of rotatable bonds is 6. The van der Waals surface area contributed by atoms with Crippen LogP contribution in [0, 0.1) is 0 Å². The Kier molecular flexibility index (Phi) is 5.34. The molecule has 2 aromatic heterocycles. The number of nitrogens with zero attached hydrogens (tertiary/aromatic N) is 3. The van der Waals surface area contributed by atoms with Gasteiger partial charge in [-0.15, -0.1) is 0 Å². The number of carbonyl (C=O) groups is 1. The SMILES string of the molecule is CC(=O)Nc1cc(Oc2ccc3c(c2)nc(NC(C)c2ccccc2)n3C)ccn1. The van der Waals surface area contributed by atoms with E-state index in [9.17, 15) is 4.79 Å². The molecule has 0 aliphatic heterocycles. The van der Waals surface area contributed by atoms with Crippen molar-refractivity contribution in [3.8, 4) is 11.5 Å². The second kappa shape index (κ2) is 8.24. The van der Waals surface area contributed by atoms with Gasteiger partial charge >= 0.3 is 0 Å². The van der Waals surface area contributed by atoms with Crippen molar-refractivity contribution in [2.45, 2.75) is 19.9 Å². The topological polar surface area (TPSA) is 81.1 Å². The van der Waals surface area contributed by atoms with Crippen molar-refractivity contribution in [1.29, 1.82) is 0 Å². The number of fused-ring (bicyclic) bond motifs is 1. The van der Waals surface area contributed by atoms with Crippen LogP contribution in [0.15, 0.2) is 66.9 Å². The number of aryl methyl sites for hydroxylation is 1. The molecule has 152 valence electrons. The van der Waals surface area contributed by atoms with Crippen molar-refractivity contribution in [2.75, 3.05) is 10.6 Å². The van der Waals surface area contributed by atoms with Crippen molar-refractivity contribution in [1.82, 2.24) is 14.5 Å². The summed E-state index contributed by atoms with van der Waals surface area (Å²) in [5, 5.41) is 6.12. The van der Waals surface area contributed by atoms with Gasteiger partial charge in [-0.1, -0.05) is 30.3 Å². The molecule has 0 saturated carbocycles. The second-order valence-corrected chi connectivity index (χ2v) is 7.08. The zero-order valence-electron chi connectivity index (χ0n) is 17.1. The van der Waals surface area contributed by atoms with Crippen LogP contribution in [0.1, 0.15) is 25.5 Å². The molecule has 1 unspecified atom stereocenters. The molecule has 7 nitrogen and oxygen atoms in total. The van der Waals surface area contributed by atoms with E-state index < -0.39 is 0 Å². The quantitative estimate of drug-likeness (QED) is 0.481. The molecule has 2 N–H and O–H groups in total. The summed E-state index contributed by atoms with van der Waals surface area (Å²) in [4.78, 5) is 20.1. The average molecular weight is 401 g/mol. The fourth-order valence-corrected chi connectivity index (χ4v) is 3.25. The monoisotopic (exact) mass is 401 g/mol. The third-order valence-electron chi connectivity index (χ3n) is 4.77. The lowest BCUT2D eigenvalue weighted by Crippen LogP contribution is -2.10. The van der Waals surface area contributed by atoms with E-state index in [0.717, 1.165) is 17.0 Å². The van der Waals surface area contributed by atoms with Gasteiger partial charge in [0.15, 0.2) is 0 Å². The summed E-state index contributed by atoms with van der Waals surface area (Å²) >= 11 is 0. The van der Waals surface area contributed by atoms with E-state index >= 15 is 0 Å². The summed E-state index contributed by atoms with van der Waals surface area (Å²) in [5.41, 5.74) is 3.02. The van der Waals surface area contributed by atoms with Gasteiger partial charge in [-0.3, -0.25) is 4.79 Å². The molecule has 2 heterocycles. The molecular weight excluding hydrogens is 378 g/mol. The molecule has 1 amide bonds. The first-order valence-corrected chi connectivity index (χ1v) is 9.69. The van der Waals surface area contributed by atoms with Crippen molar-refractivity contribution in [3.05, 3.63) is 72.4 Å². The third-order valence-corrected chi connectivity index (χ3v) is 4.77. The molecule has 7 heteroatoms. The van der Waals surface area contributed by atoms with Gasteiger partial charge in [-0.25, -0.2) is 9.97 Å². The maximum absolute atomic E-state index is 11.2. The Labute approximate surface area is 174 Å². The van der Waals surface area contributed by atoms with Gasteiger partial charge in [0.05, 0.1) is 17.1 Å². The number of hydrogen-bond acceptors (Lipinski definition) is 5. The average Bonchev–Trinajstić information content (AvgIpc) is 3.03. The highest BCUT2D eigenvalue weighted by Crippen LogP contribution is 2.28. The fraction of sp³-hybridized carbons (Fsp3) is 0.174. The first-order chi connectivity index (χ1) is 14.5. The number of imidazole rings is 1. The minimum atomic E-state index is -0.181. The molecule has 2 aromatic carbocycles. The van der Waals surface area contributed by atoms with E-state index in [0.29, 0.717) is 17.3 Å². The number of ether oxygens (including phenoxy) is 1. The molecular formula is C23H23N5O2. The first kappa shape index (κ1) is 19.4. The lowest BCUT2D eigenvalue weighted by Gasteiger charge is -2.14. The highest BCUT2D eigenvalue weighted by atomic mass is 16.5. The number of amides is 1. The van der Waals surface area contributed by atoms with E-state index in [1.54, 1.807) is 18.3 Å². The molecule has 1 atom stereocenters. The normalized spacial score (nSPS) is 11.8. The van der Waals surface area contributed by atoms with Gasteiger partial charge in [0.25, 0.3) is 0 Å². The second-order valence-electron chi connectivity index (χ2n) is 7.08. The number of benzene rings is 2. The highest BCUT2D eigenvalue weighted by Gasteiger charge is 2.12. The predicted octanol–water partition coefficient (Wildman–Crippen LogP) is 4.89. The van der Waals surface area contributed by atoms with Crippen molar-refractivity contribution in [2.24, 2.45) is 7.05 Å². The summed E-state index contributed by atoms with van der Waals surface area (Å²) in [7, 11) is 1.98. The molecule has 0 spiro atoms. The van der Waals surface area contributed by atoms with Crippen LogP contribution in [0.3, 0.4) is 0 Å². The van der Waals surface area contributed by atoms with Gasteiger partial charge in [0.2, 0.25) is 11.9 Å². The number of pyridine rings is 1. The van der Waals surface area contributed by atoms with Crippen LogP contribution in [-0.2, 0) is 11.8 Å². The minimum absolute atomic E-state index is 0.126. The Bertz CT molecular complexity index is 1190. The highest BCUT2D eigenvalue weighted by molar-refractivity contribution is 5.87. The summed E-state index contributed by atoms with van der Waals surface area (Å²) in [6.45, 7) is 3.55. The standard InChI is InChI=1S/C23H23N5O2/c1-15(17-7-5-4-6-8-17)25-23-27-20-13-18(9-10-21(20)28(23)3)30-19-11-12-24-22(14-19)26-16(2)29/h4-15H,1-3H3,(H,25,27)(H,24,26,29). The summed E-state index contributed by atoms with van der Waals surface area (Å²) in [6.07, 6.45) is 1.59. The molecule has 0 aliphatic carbocycles. The largest absolute Gasteiger partial charge is 0.457 e. The maximum atomic E-state index is 11.2. The van der Waals surface area contributed by atoms with Crippen LogP contribution in [0.5, 0.6) is 11.5 Å². The number of carbonyl (C=O) groups excluding carboxylic acids is 1. The smallest absolute Gasteiger partial charge is 0.222 e. The van der Waals surface area contributed by atoms with Crippen molar-refractivity contribution in [3.63, 3.8) is 0 Å². The molecule has 4 aromatic rings. The number of nitrogens with one attached hydrogen (secondary N) is 2. The van der Waals surface area contributed by atoms with Crippen molar-refractivity contribution < 1.29 is 9.53 Å². The van der Waals surface area contributed by atoms with Gasteiger partial charge < -0.3 is 19.9 Å². The number of hydrogen-bond donors (Lipinski definition) is 2. The van der Waals surface area contributed by atoms with Crippen LogP contribution in [0.25, 0.3) is 11.0 Å². The molecule has 4 rings (SSSR count). The van der Waals surface area contributed by atoms with Gasteiger partial charge in [-0.2, -0.15) is 0 Å². The summed E-state index contributed by atoms with van der Waals surface area (Å²) in [6, 6.07) is 19.6. The predicted molar refractivity (Wildman–Crippen MR) is 118 cm³/mol. The first-order valence-electron chi connectivity index (χ1n) is 9.69. The molecule has 0 bridgehead atoms. The lowest BCUT2D eigenvalue weighted by atomic mass is 10.1. The Morgan fingerprint density at radius 3 is 2.60 bits per heavy atom. The van der Waals surface area contributed by atoms with Crippen LogP contribution in [-0.4, -0.2) is 20.4 Å². The summed E-state index contributed by atoms with van der Waals surface area (Å²) in [5.74, 6) is 2.29. The van der Waals surface area contributed by atoms with E-state index in [4.69, 9.17) is 9.72 Å². The molecule has 30 heavy (non-hydrogen) atoms. The molecule has 0 fully saturated rings. The zero-order chi connectivity index (χ0) is 21.1. The Balaban J connectivity index is 1.55. The Morgan fingerprint density at radius 2 is 1.83 bits per heavy atom. The Hall–Kier alpha value is -3.87. The molecule has 0 saturated heterocycles. The lowest BCUT2D eigenvalue weighted by molar-refractivity contribution is -0.114. The van der Waals surface area contributed by atoms with E-state index in [1.165, 1.54) is 12.5 Å². The van der Waals surface area contributed by atoms with Crippen LogP contribution < -0.4 is 15.4 Å². The molecule has 0 aliphatic rings. The third kappa shape index (κ3) is 4.25. The number of aromatic nitrogens is 3. The molecule has 0 radical (unpaired) electrons. The van der Waals surface area contributed by atoms with E-state index in [2.05, 4.69) is 34.7 Å². The zero-order valence-corrected chi connectivity index (χ0v) is 17.1.